The summed E-state index contributed by atoms with van der Waals surface area (Å²) in [5, 5.41) is 0. The third kappa shape index (κ3) is 1.71. The van der Waals surface area contributed by atoms with Crippen LogP contribution < -0.4 is 0 Å². The molecule has 2 rings (SSSR count). The summed E-state index contributed by atoms with van der Waals surface area (Å²) in [7, 11) is 0. The number of hydrogen-bond acceptors (Lipinski definition) is 0. The van der Waals surface area contributed by atoms with Crippen LogP contribution in [0.2, 0.25) is 0 Å². The summed E-state index contributed by atoms with van der Waals surface area (Å²) in [4.78, 5) is 0. The van der Waals surface area contributed by atoms with Crippen LogP contribution in [0.15, 0.2) is 24.8 Å². The minimum absolute atomic E-state index is 0.826. The second-order valence-corrected chi connectivity index (χ2v) is 4.47. The van der Waals surface area contributed by atoms with Gasteiger partial charge in [0.2, 0.25) is 0 Å². The second-order valence-electron chi connectivity index (χ2n) is 3.22. The maximum absolute atomic E-state index is 3.66. The van der Waals surface area contributed by atoms with E-state index >= 15 is 0 Å². The number of rotatable bonds is 2. The first-order valence-electron chi connectivity index (χ1n) is 4.13. The summed E-state index contributed by atoms with van der Waals surface area (Å²) >= 11 is 2.35. The van der Waals surface area contributed by atoms with Crippen molar-refractivity contribution in [2.75, 3.05) is 0 Å². The van der Waals surface area contributed by atoms with Crippen LogP contribution in [0.4, 0.5) is 0 Å². The molecule has 0 nitrogen and oxygen atoms in total. The van der Waals surface area contributed by atoms with Gasteiger partial charge in [0.15, 0.2) is 0 Å². The van der Waals surface area contributed by atoms with Crippen LogP contribution in [0.3, 0.4) is 0 Å². The predicted molar refractivity (Wildman–Crippen MR) is 59.1 cm³/mol. The molecule has 1 aliphatic carbocycles. The van der Waals surface area contributed by atoms with Gasteiger partial charge in [-0.15, -0.1) is 0 Å². The molecular formula is C11H10I. The molecule has 1 heteroatoms. The van der Waals surface area contributed by atoms with E-state index in [2.05, 4.69) is 53.4 Å². The van der Waals surface area contributed by atoms with E-state index < -0.39 is 0 Å². The Bertz CT molecular complexity index is 311. The molecule has 0 unspecified atom stereocenters. The molecule has 0 aromatic heterocycles. The Kier molecular flexibility index (Phi) is 2.22. The molecule has 1 aromatic carbocycles. The molecule has 0 saturated heterocycles. The average molecular weight is 269 g/mol. The molecule has 1 aromatic rings. The topological polar surface area (TPSA) is 0 Å². The van der Waals surface area contributed by atoms with Gasteiger partial charge in [-0.2, -0.15) is 0 Å². The Balaban J connectivity index is 2.40. The zero-order chi connectivity index (χ0) is 8.55. The van der Waals surface area contributed by atoms with Crippen molar-refractivity contribution >= 4 is 22.6 Å². The molecule has 0 N–H and O–H groups in total. The fourth-order valence-electron chi connectivity index (χ4n) is 1.37. The molecular weight excluding hydrogens is 259 g/mol. The van der Waals surface area contributed by atoms with Crippen molar-refractivity contribution in [1.82, 2.24) is 0 Å². The Morgan fingerprint density at radius 1 is 1.33 bits per heavy atom. The first-order chi connectivity index (χ1) is 5.79. The lowest BCUT2D eigenvalue weighted by Crippen LogP contribution is -1.84. The molecule has 12 heavy (non-hydrogen) atoms. The summed E-state index contributed by atoms with van der Waals surface area (Å²) in [6, 6.07) is 6.57. The van der Waals surface area contributed by atoms with Gasteiger partial charge in [0.05, 0.1) is 0 Å². The van der Waals surface area contributed by atoms with Gasteiger partial charge in [-0.05, 0) is 70.7 Å². The van der Waals surface area contributed by atoms with Crippen LogP contribution in [-0.4, -0.2) is 0 Å². The van der Waals surface area contributed by atoms with Crippen molar-refractivity contribution in [1.29, 1.82) is 0 Å². The molecule has 0 bridgehead atoms. The SMILES string of the molecule is C=[C]c1cc(I)cc(C2CC2)c1. The highest BCUT2D eigenvalue weighted by Crippen LogP contribution is 2.40. The molecule has 0 heterocycles. The van der Waals surface area contributed by atoms with Gasteiger partial charge in [-0.25, -0.2) is 0 Å². The normalized spacial score (nSPS) is 16.1. The third-order valence-corrected chi connectivity index (χ3v) is 2.80. The Hall–Kier alpha value is -0.310. The summed E-state index contributed by atoms with van der Waals surface area (Å²) in [5.74, 6) is 0.826. The maximum Gasteiger partial charge on any atom is 0.0139 e. The molecule has 61 valence electrons. The summed E-state index contributed by atoms with van der Waals surface area (Å²) in [6.07, 6.45) is 5.65. The van der Waals surface area contributed by atoms with E-state index in [0.717, 1.165) is 11.5 Å². The zero-order valence-electron chi connectivity index (χ0n) is 6.81. The van der Waals surface area contributed by atoms with Gasteiger partial charge in [-0.1, -0.05) is 12.6 Å². The van der Waals surface area contributed by atoms with E-state index in [4.69, 9.17) is 0 Å². The lowest BCUT2D eigenvalue weighted by molar-refractivity contribution is 1.12. The van der Waals surface area contributed by atoms with Gasteiger partial charge >= 0.3 is 0 Å². The predicted octanol–water partition coefficient (Wildman–Crippen LogP) is 3.51. The summed E-state index contributed by atoms with van der Waals surface area (Å²) in [5.41, 5.74) is 2.59. The fraction of sp³-hybridized carbons (Fsp3) is 0.273. The molecule has 0 atom stereocenters. The van der Waals surface area contributed by atoms with Gasteiger partial charge in [0.1, 0.15) is 0 Å². The third-order valence-electron chi connectivity index (χ3n) is 2.17. The quantitative estimate of drug-likeness (QED) is 0.721. The van der Waals surface area contributed by atoms with Gasteiger partial charge < -0.3 is 0 Å². The van der Waals surface area contributed by atoms with Crippen LogP contribution in [0.5, 0.6) is 0 Å². The molecule has 1 fully saturated rings. The molecule has 1 radical (unpaired) electrons. The maximum atomic E-state index is 3.66. The summed E-state index contributed by atoms with van der Waals surface area (Å²) < 4.78 is 1.29. The van der Waals surface area contributed by atoms with Crippen LogP contribution in [0, 0.1) is 9.65 Å². The molecule has 0 aliphatic heterocycles. The molecule has 1 aliphatic rings. The van der Waals surface area contributed by atoms with Crippen LogP contribution in [-0.2, 0) is 0 Å². The minimum Gasteiger partial charge on any atom is -0.0906 e. The highest BCUT2D eigenvalue weighted by molar-refractivity contribution is 14.1. The smallest absolute Gasteiger partial charge is 0.0139 e. The van der Waals surface area contributed by atoms with E-state index in [1.54, 1.807) is 0 Å². The largest absolute Gasteiger partial charge is 0.0906 e. The Labute approximate surface area is 86.8 Å². The zero-order valence-corrected chi connectivity index (χ0v) is 8.97. The molecule has 0 spiro atoms. The highest BCUT2D eigenvalue weighted by Gasteiger charge is 2.23. The van der Waals surface area contributed by atoms with E-state index in [9.17, 15) is 0 Å². The van der Waals surface area contributed by atoms with Crippen molar-refractivity contribution in [3.8, 4) is 0 Å². The van der Waals surface area contributed by atoms with E-state index in [1.165, 1.54) is 22.0 Å². The summed E-state index contributed by atoms with van der Waals surface area (Å²) in [6.45, 7) is 3.66. The van der Waals surface area contributed by atoms with Crippen molar-refractivity contribution < 1.29 is 0 Å². The number of halogens is 1. The number of hydrogen-bond donors (Lipinski definition) is 0. The minimum atomic E-state index is 0.826. The van der Waals surface area contributed by atoms with Gasteiger partial charge in [0.25, 0.3) is 0 Å². The fourth-order valence-corrected chi connectivity index (χ4v) is 2.06. The van der Waals surface area contributed by atoms with Gasteiger partial charge in [-0.3, -0.25) is 0 Å². The van der Waals surface area contributed by atoms with E-state index in [0.29, 0.717) is 0 Å². The van der Waals surface area contributed by atoms with Crippen molar-refractivity contribution in [3.63, 3.8) is 0 Å². The second kappa shape index (κ2) is 3.21. The van der Waals surface area contributed by atoms with Crippen molar-refractivity contribution in [2.45, 2.75) is 18.8 Å². The average Bonchev–Trinajstić information content (AvgIpc) is 2.85. The lowest BCUT2D eigenvalue weighted by atomic mass is 10.1. The van der Waals surface area contributed by atoms with E-state index in [-0.39, 0.29) is 0 Å². The van der Waals surface area contributed by atoms with Crippen LogP contribution in [0.25, 0.3) is 0 Å². The molecule has 0 amide bonds. The van der Waals surface area contributed by atoms with Crippen molar-refractivity contribution in [3.05, 3.63) is 45.6 Å². The van der Waals surface area contributed by atoms with Crippen LogP contribution in [0.1, 0.15) is 29.9 Å². The first kappa shape index (κ1) is 8.30. The highest BCUT2D eigenvalue weighted by atomic mass is 127. The molecule has 1 saturated carbocycles. The monoisotopic (exact) mass is 269 g/mol. The van der Waals surface area contributed by atoms with Gasteiger partial charge in [0, 0.05) is 3.57 Å². The lowest BCUT2D eigenvalue weighted by Gasteiger charge is -2.01. The van der Waals surface area contributed by atoms with E-state index in [1.807, 2.05) is 0 Å². The Morgan fingerprint density at radius 2 is 2.08 bits per heavy atom. The van der Waals surface area contributed by atoms with Crippen molar-refractivity contribution in [2.24, 2.45) is 0 Å². The Morgan fingerprint density at radius 3 is 2.67 bits per heavy atom. The number of benzene rings is 1. The van der Waals surface area contributed by atoms with Crippen LogP contribution >= 0.6 is 22.6 Å². The standard InChI is InChI=1S/C11H10I/c1-2-8-5-10(9-3-4-9)7-11(12)6-8/h5-7,9H,1,3-4H2. The first-order valence-corrected chi connectivity index (χ1v) is 5.21.